The molecule has 0 atom stereocenters. The Labute approximate surface area is 124 Å². The molecule has 21 heavy (non-hydrogen) atoms. The molecule has 1 aromatic heterocycles. The van der Waals surface area contributed by atoms with Crippen LogP contribution in [0.1, 0.15) is 35.4 Å². The van der Waals surface area contributed by atoms with E-state index < -0.39 is 10.0 Å². The normalized spacial score (nSPS) is 14.8. The van der Waals surface area contributed by atoms with Crippen LogP contribution >= 0.6 is 0 Å². The van der Waals surface area contributed by atoms with E-state index in [0.717, 1.165) is 24.8 Å². The second-order valence-electron chi connectivity index (χ2n) is 5.52. The molecule has 0 spiro atoms. The molecule has 0 saturated carbocycles. The third-order valence-electron chi connectivity index (χ3n) is 3.97. The second kappa shape index (κ2) is 5.18. The maximum Gasteiger partial charge on any atom is 0.265 e. The van der Waals surface area contributed by atoms with Crippen molar-refractivity contribution in [3.63, 3.8) is 0 Å². The molecule has 6 heteroatoms. The highest BCUT2D eigenvalue weighted by Crippen LogP contribution is 2.30. The summed E-state index contributed by atoms with van der Waals surface area (Å²) in [6, 6.07) is 5.84. The number of aromatic nitrogens is 2. The Morgan fingerprint density at radius 2 is 1.95 bits per heavy atom. The van der Waals surface area contributed by atoms with Gasteiger partial charge in [-0.05, 0) is 56.7 Å². The number of H-pyrrole nitrogens is 1. The topological polar surface area (TPSA) is 74.8 Å². The van der Waals surface area contributed by atoms with E-state index in [2.05, 4.69) is 21.0 Å². The molecule has 0 aliphatic heterocycles. The molecule has 112 valence electrons. The summed E-state index contributed by atoms with van der Waals surface area (Å²) in [6.45, 7) is 3.41. The first-order valence-corrected chi connectivity index (χ1v) is 8.62. The smallest absolute Gasteiger partial charge is 0.265 e. The number of nitrogens with one attached hydrogen (secondary N) is 2. The van der Waals surface area contributed by atoms with Gasteiger partial charge >= 0.3 is 0 Å². The Bertz CT molecular complexity index is 759. The Hall–Kier alpha value is -1.82. The van der Waals surface area contributed by atoms with Gasteiger partial charge in [-0.3, -0.25) is 9.82 Å². The number of benzene rings is 1. The predicted octanol–water partition coefficient (Wildman–Crippen LogP) is 2.71. The van der Waals surface area contributed by atoms with Crippen molar-refractivity contribution in [2.24, 2.45) is 0 Å². The number of hydrogen-bond donors (Lipinski definition) is 2. The first-order chi connectivity index (χ1) is 9.99. The van der Waals surface area contributed by atoms with Crippen LogP contribution in [-0.2, 0) is 22.9 Å². The van der Waals surface area contributed by atoms with Crippen LogP contribution in [0, 0.1) is 13.8 Å². The van der Waals surface area contributed by atoms with Gasteiger partial charge in [-0.2, -0.15) is 5.10 Å². The number of aryl methyl sites for hydroxylation is 3. The lowest BCUT2D eigenvalue weighted by atomic mass is 9.91. The molecule has 0 fully saturated rings. The molecule has 0 saturated heterocycles. The molecule has 1 aliphatic rings. The Morgan fingerprint density at radius 1 is 1.19 bits per heavy atom. The third kappa shape index (κ3) is 2.55. The lowest BCUT2D eigenvalue weighted by Crippen LogP contribution is -2.17. The summed E-state index contributed by atoms with van der Waals surface area (Å²) in [4.78, 5) is 0.246. The zero-order valence-electron chi connectivity index (χ0n) is 12.2. The van der Waals surface area contributed by atoms with E-state index in [-0.39, 0.29) is 4.90 Å². The lowest BCUT2D eigenvalue weighted by Gasteiger charge is -2.20. The molecular weight excluding hydrogens is 286 g/mol. The van der Waals surface area contributed by atoms with Crippen molar-refractivity contribution >= 4 is 15.7 Å². The van der Waals surface area contributed by atoms with E-state index >= 15 is 0 Å². The van der Waals surface area contributed by atoms with Crippen molar-refractivity contribution < 1.29 is 8.42 Å². The summed E-state index contributed by atoms with van der Waals surface area (Å²) < 4.78 is 28.0. The first kappa shape index (κ1) is 14.1. The quantitative estimate of drug-likeness (QED) is 0.915. The molecule has 0 bridgehead atoms. The Balaban J connectivity index is 2.01. The maximum atomic E-state index is 12.6. The van der Waals surface area contributed by atoms with Crippen molar-refractivity contribution in [3.8, 4) is 0 Å². The van der Waals surface area contributed by atoms with Crippen LogP contribution < -0.4 is 4.72 Å². The average Bonchev–Trinajstić information content (AvgIpc) is 2.79. The average molecular weight is 305 g/mol. The van der Waals surface area contributed by atoms with Gasteiger partial charge < -0.3 is 0 Å². The number of aromatic amines is 1. The van der Waals surface area contributed by atoms with E-state index in [1.54, 1.807) is 13.8 Å². The molecule has 1 aliphatic carbocycles. The molecule has 0 radical (unpaired) electrons. The number of fused-ring (bicyclic) bond motifs is 1. The summed E-state index contributed by atoms with van der Waals surface area (Å²) in [5, 5.41) is 6.69. The Kier molecular flexibility index (Phi) is 3.49. The minimum atomic E-state index is -3.61. The number of anilines is 1. The maximum absolute atomic E-state index is 12.6. The third-order valence-corrected chi connectivity index (χ3v) is 5.60. The SMILES string of the molecule is Cc1n[nH]c(C)c1S(=O)(=O)Nc1cccc2c1CCCC2. The molecule has 0 amide bonds. The van der Waals surface area contributed by atoms with Crippen LogP contribution in [0.3, 0.4) is 0 Å². The van der Waals surface area contributed by atoms with Gasteiger partial charge in [0.2, 0.25) is 0 Å². The van der Waals surface area contributed by atoms with Crippen LogP contribution in [0.2, 0.25) is 0 Å². The largest absolute Gasteiger partial charge is 0.281 e. The van der Waals surface area contributed by atoms with Gasteiger partial charge in [0.1, 0.15) is 4.90 Å². The van der Waals surface area contributed by atoms with Crippen LogP contribution in [0.25, 0.3) is 0 Å². The fourth-order valence-electron chi connectivity index (χ4n) is 3.01. The van der Waals surface area contributed by atoms with E-state index in [1.165, 1.54) is 12.0 Å². The van der Waals surface area contributed by atoms with E-state index in [1.807, 2.05) is 12.1 Å². The molecule has 1 aromatic carbocycles. The summed E-state index contributed by atoms with van der Waals surface area (Å²) >= 11 is 0. The standard InChI is InChI=1S/C15H19N3O2S/c1-10-15(11(2)17-16-10)21(19,20)18-14-9-5-7-12-6-3-4-8-13(12)14/h5,7,9,18H,3-4,6,8H2,1-2H3,(H,16,17). The lowest BCUT2D eigenvalue weighted by molar-refractivity contribution is 0.600. The summed E-state index contributed by atoms with van der Waals surface area (Å²) in [5.41, 5.74) is 4.13. The zero-order chi connectivity index (χ0) is 15.0. The van der Waals surface area contributed by atoms with Crippen molar-refractivity contribution in [1.29, 1.82) is 0 Å². The van der Waals surface area contributed by atoms with Gasteiger partial charge in [-0.1, -0.05) is 12.1 Å². The highest BCUT2D eigenvalue weighted by molar-refractivity contribution is 7.92. The molecule has 2 N–H and O–H groups in total. The van der Waals surface area contributed by atoms with Crippen molar-refractivity contribution in [3.05, 3.63) is 40.7 Å². The summed E-state index contributed by atoms with van der Waals surface area (Å²) in [7, 11) is -3.61. The van der Waals surface area contributed by atoms with Crippen molar-refractivity contribution in [2.45, 2.75) is 44.4 Å². The molecular formula is C15H19N3O2S. The predicted molar refractivity (Wildman–Crippen MR) is 82.0 cm³/mol. The number of nitrogens with zero attached hydrogens (tertiary/aromatic N) is 1. The minimum absolute atomic E-state index is 0.246. The van der Waals surface area contributed by atoms with E-state index in [4.69, 9.17) is 0 Å². The first-order valence-electron chi connectivity index (χ1n) is 7.14. The van der Waals surface area contributed by atoms with Gasteiger partial charge in [0.25, 0.3) is 10.0 Å². The van der Waals surface area contributed by atoms with Crippen LogP contribution in [-0.4, -0.2) is 18.6 Å². The van der Waals surface area contributed by atoms with Gasteiger partial charge in [-0.15, -0.1) is 0 Å². The second-order valence-corrected chi connectivity index (χ2v) is 7.14. The summed E-state index contributed by atoms with van der Waals surface area (Å²) in [6.07, 6.45) is 4.23. The van der Waals surface area contributed by atoms with Gasteiger partial charge in [0.15, 0.2) is 0 Å². The van der Waals surface area contributed by atoms with E-state index in [0.29, 0.717) is 17.1 Å². The van der Waals surface area contributed by atoms with Gasteiger partial charge in [0, 0.05) is 0 Å². The Morgan fingerprint density at radius 3 is 2.67 bits per heavy atom. The number of rotatable bonds is 3. The molecule has 3 rings (SSSR count). The van der Waals surface area contributed by atoms with Gasteiger partial charge in [0.05, 0.1) is 17.1 Å². The monoisotopic (exact) mass is 305 g/mol. The van der Waals surface area contributed by atoms with Gasteiger partial charge in [-0.25, -0.2) is 8.42 Å². The molecule has 5 nitrogen and oxygen atoms in total. The number of sulfonamides is 1. The molecule has 1 heterocycles. The van der Waals surface area contributed by atoms with Crippen LogP contribution in [0.15, 0.2) is 23.1 Å². The summed E-state index contributed by atoms with van der Waals surface area (Å²) in [5.74, 6) is 0. The highest BCUT2D eigenvalue weighted by Gasteiger charge is 2.24. The molecule has 0 unspecified atom stereocenters. The fraction of sp³-hybridized carbons (Fsp3) is 0.400. The minimum Gasteiger partial charge on any atom is -0.281 e. The highest BCUT2D eigenvalue weighted by atomic mass is 32.2. The number of hydrogen-bond acceptors (Lipinski definition) is 3. The van der Waals surface area contributed by atoms with Crippen molar-refractivity contribution in [1.82, 2.24) is 10.2 Å². The van der Waals surface area contributed by atoms with Crippen LogP contribution in [0.5, 0.6) is 0 Å². The molecule has 2 aromatic rings. The van der Waals surface area contributed by atoms with E-state index in [9.17, 15) is 8.42 Å². The van der Waals surface area contributed by atoms with Crippen LogP contribution in [0.4, 0.5) is 5.69 Å². The fourth-order valence-corrected chi connectivity index (χ4v) is 4.48. The zero-order valence-corrected chi connectivity index (χ0v) is 13.0. The van der Waals surface area contributed by atoms with Crippen molar-refractivity contribution in [2.75, 3.05) is 4.72 Å².